The molecule has 21 heavy (non-hydrogen) atoms. The zero-order valence-electron chi connectivity index (χ0n) is 13.6. The normalized spacial score (nSPS) is 19.6. The van der Waals surface area contributed by atoms with Crippen LogP contribution in [-0.4, -0.2) is 43.9 Å². The zero-order chi connectivity index (χ0) is 15.1. The van der Waals surface area contributed by atoms with Gasteiger partial charge in [0.15, 0.2) is 0 Å². The second-order valence-electron chi connectivity index (χ2n) is 6.05. The van der Waals surface area contributed by atoms with Crippen molar-refractivity contribution in [1.82, 2.24) is 4.90 Å². The molecule has 0 radical (unpaired) electrons. The van der Waals surface area contributed by atoms with Crippen LogP contribution < -0.4 is 0 Å². The molecule has 1 aliphatic rings. The average Bonchev–Trinajstić information content (AvgIpc) is 2.52. The molecule has 1 fully saturated rings. The van der Waals surface area contributed by atoms with Crippen LogP contribution in [0.5, 0.6) is 0 Å². The Bertz CT molecular complexity index is 387. The summed E-state index contributed by atoms with van der Waals surface area (Å²) in [6.45, 7) is 11.2. The zero-order valence-corrected chi connectivity index (χ0v) is 13.6. The molecular weight excluding hydrogens is 262 g/mol. The Labute approximate surface area is 129 Å². The van der Waals surface area contributed by atoms with Crippen molar-refractivity contribution in [1.29, 1.82) is 0 Å². The molecule has 3 heteroatoms. The molecule has 118 valence electrons. The monoisotopic (exact) mass is 291 g/mol. The van der Waals surface area contributed by atoms with E-state index in [-0.39, 0.29) is 6.10 Å². The van der Waals surface area contributed by atoms with Crippen molar-refractivity contribution in [2.45, 2.75) is 39.3 Å². The SMILES string of the molecule is CCO[C@@H](C[C@@H](C(C)C)N1CCOCC1)c1ccccc1. The van der Waals surface area contributed by atoms with Crippen LogP contribution in [0.3, 0.4) is 0 Å². The van der Waals surface area contributed by atoms with Crippen LogP contribution in [-0.2, 0) is 9.47 Å². The minimum absolute atomic E-state index is 0.187. The maximum absolute atomic E-state index is 6.04. The molecule has 0 amide bonds. The van der Waals surface area contributed by atoms with Crippen LogP contribution in [0.15, 0.2) is 30.3 Å². The molecule has 1 aromatic rings. The molecule has 0 spiro atoms. The fourth-order valence-electron chi connectivity index (χ4n) is 3.14. The minimum atomic E-state index is 0.187. The molecule has 2 atom stereocenters. The van der Waals surface area contributed by atoms with Crippen molar-refractivity contribution >= 4 is 0 Å². The van der Waals surface area contributed by atoms with E-state index in [0.717, 1.165) is 39.3 Å². The molecule has 0 saturated carbocycles. The van der Waals surface area contributed by atoms with Gasteiger partial charge in [-0.2, -0.15) is 0 Å². The summed E-state index contributed by atoms with van der Waals surface area (Å²) in [5.41, 5.74) is 1.29. The Balaban J connectivity index is 2.08. The highest BCUT2D eigenvalue weighted by atomic mass is 16.5. The lowest BCUT2D eigenvalue weighted by Crippen LogP contribution is -2.46. The van der Waals surface area contributed by atoms with E-state index in [4.69, 9.17) is 9.47 Å². The fourth-order valence-corrected chi connectivity index (χ4v) is 3.14. The predicted molar refractivity (Wildman–Crippen MR) is 86.4 cm³/mol. The highest BCUT2D eigenvalue weighted by Crippen LogP contribution is 2.28. The lowest BCUT2D eigenvalue weighted by atomic mass is 9.93. The van der Waals surface area contributed by atoms with Crippen LogP contribution in [0.4, 0.5) is 0 Å². The van der Waals surface area contributed by atoms with E-state index in [0.29, 0.717) is 12.0 Å². The molecule has 0 aliphatic carbocycles. The van der Waals surface area contributed by atoms with Crippen molar-refractivity contribution in [2.75, 3.05) is 32.9 Å². The lowest BCUT2D eigenvalue weighted by molar-refractivity contribution is -0.0219. The third-order valence-electron chi connectivity index (χ3n) is 4.28. The van der Waals surface area contributed by atoms with Crippen LogP contribution in [0.2, 0.25) is 0 Å². The second-order valence-corrected chi connectivity index (χ2v) is 6.05. The van der Waals surface area contributed by atoms with Gasteiger partial charge < -0.3 is 9.47 Å². The van der Waals surface area contributed by atoms with E-state index in [1.165, 1.54) is 5.56 Å². The standard InChI is InChI=1S/C18H29NO2/c1-4-21-18(16-8-6-5-7-9-16)14-17(15(2)3)19-10-12-20-13-11-19/h5-9,15,17-18H,4,10-14H2,1-3H3/t17-,18-/m0/s1. The first kappa shape index (κ1) is 16.5. The molecule has 1 heterocycles. The van der Waals surface area contributed by atoms with Gasteiger partial charge in [-0.05, 0) is 24.8 Å². The summed E-state index contributed by atoms with van der Waals surface area (Å²) < 4.78 is 11.5. The van der Waals surface area contributed by atoms with Crippen LogP contribution in [0.25, 0.3) is 0 Å². The summed E-state index contributed by atoms with van der Waals surface area (Å²) in [5.74, 6) is 0.620. The van der Waals surface area contributed by atoms with Crippen molar-refractivity contribution in [3.63, 3.8) is 0 Å². The van der Waals surface area contributed by atoms with Gasteiger partial charge in [0.05, 0.1) is 19.3 Å². The summed E-state index contributed by atoms with van der Waals surface area (Å²) in [7, 11) is 0. The van der Waals surface area contributed by atoms with E-state index in [2.05, 4.69) is 56.0 Å². The molecule has 1 aromatic carbocycles. The number of nitrogens with zero attached hydrogens (tertiary/aromatic N) is 1. The summed E-state index contributed by atoms with van der Waals surface area (Å²) in [6, 6.07) is 11.2. The highest BCUT2D eigenvalue weighted by Gasteiger charge is 2.27. The van der Waals surface area contributed by atoms with Gasteiger partial charge in [-0.15, -0.1) is 0 Å². The number of ether oxygens (including phenoxy) is 2. The first-order valence-corrected chi connectivity index (χ1v) is 8.20. The van der Waals surface area contributed by atoms with Gasteiger partial charge in [0.25, 0.3) is 0 Å². The Hall–Kier alpha value is -0.900. The quantitative estimate of drug-likeness (QED) is 0.767. The molecule has 3 nitrogen and oxygen atoms in total. The molecule has 0 unspecified atom stereocenters. The number of benzene rings is 1. The van der Waals surface area contributed by atoms with E-state index in [1.807, 2.05) is 0 Å². The maximum atomic E-state index is 6.04. The number of morpholine rings is 1. The first-order valence-electron chi connectivity index (χ1n) is 8.20. The predicted octanol–water partition coefficient (Wildman–Crippen LogP) is 3.51. The topological polar surface area (TPSA) is 21.7 Å². The van der Waals surface area contributed by atoms with Crippen LogP contribution >= 0.6 is 0 Å². The van der Waals surface area contributed by atoms with E-state index in [9.17, 15) is 0 Å². The lowest BCUT2D eigenvalue weighted by Gasteiger charge is -2.38. The summed E-state index contributed by atoms with van der Waals surface area (Å²) >= 11 is 0. The minimum Gasteiger partial charge on any atom is -0.379 e. The van der Waals surface area contributed by atoms with Gasteiger partial charge in [0, 0.05) is 25.7 Å². The Morgan fingerprint density at radius 1 is 1.14 bits per heavy atom. The molecule has 0 aromatic heterocycles. The summed E-state index contributed by atoms with van der Waals surface area (Å²) in [6.07, 6.45) is 1.24. The van der Waals surface area contributed by atoms with Crippen molar-refractivity contribution < 1.29 is 9.47 Å². The van der Waals surface area contributed by atoms with Gasteiger partial charge in [-0.25, -0.2) is 0 Å². The van der Waals surface area contributed by atoms with E-state index in [1.54, 1.807) is 0 Å². The highest BCUT2D eigenvalue weighted by molar-refractivity contribution is 5.18. The van der Waals surface area contributed by atoms with Gasteiger partial charge >= 0.3 is 0 Å². The summed E-state index contributed by atoms with van der Waals surface area (Å²) in [5, 5.41) is 0. The smallest absolute Gasteiger partial charge is 0.0839 e. The molecular formula is C18H29NO2. The molecule has 2 rings (SSSR count). The molecule has 1 saturated heterocycles. The Kier molecular flexibility index (Phi) is 6.68. The second kappa shape index (κ2) is 8.52. The number of hydrogen-bond acceptors (Lipinski definition) is 3. The maximum Gasteiger partial charge on any atom is 0.0839 e. The van der Waals surface area contributed by atoms with Crippen LogP contribution in [0, 0.1) is 5.92 Å². The third-order valence-corrected chi connectivity index (χ3v) is 4.28. The van der Waals surface area contributed by atoms with E-state index < -0.39 is 0 Å². The largest absolute Gasteiger partial charge is 0.379 e. The van der Waals surface area contributed by atoms with Crippen molar-refractivity contribution in [3.8, 4) is 0 Å². The Morgan fingerprint density at radius 2 is 1.81 bits per heavy atom. The van der Waals surface area contributed by atoms with Gasteiger partial charge in [0.2, 0.25) is 0 Å². The van der Waals surface area contributed by atoms with E-state index >= 15 is 0 Å². The third kappa shape index (κ3) is 4.80. The Morgan fingerprint density at radius 3 is 2.38 bits per heavy atom. The average molecular weight is 291 g/mol. The van der Waals surface area contributed by atoms with Gasteiger partial charge in [0.1, 0.15) is 0 Å². The number of hydrogen-bond donors (Lipinski definition) is 0. The van der Waals surface area contributed by atoms with Crippen molar-refractivity contribution in [3.05, 3.63) is 35.9 Å². The molecule has 0 bridgehead atoms. The first-order chi connectivity index (χ1) is 10.2. The molecule has 1 aliphatic heterocycles. The van der Waals surface area contributed by atoms with Gasteiger partial charge in [-0.3, -0.25) is 4.90 Å². The fraction of sp³-hybridized carbons (Fsp3) is 0.667. The number of rotatable bonds is 7. The van der Waals surface area contributed by atoms with Crippen molar-refractivity contribution in [2.24, 2.45) is 5.92 Å². The van der Waals surface area contributed by atoms with Gasteiger partial charge in [-0.1, -0.05) is 44.2 Å². The summed E-state index contributed by atoms with van der Waals surface area (Å²) in [4.78, 5) is 2.57. The molecule has 0 N–H and O–H groups in total. The van der Waals surface area contributed by atoms with Crippen LogP contribution in [0.1, 0.15) is 38.9 Å².